The third-order valence-electron chi connectivity index (χ3n) is 5.94. The van der Waals surface area contributed by atoms with E-state index in [1.54, 1.807) is 0 Å². The summed E-state index contributed by atoms with van der Waals surface area (Å²) in [4.78, 5) is 24.2. The smallest absolute Gasteiger partial charge is 0.407 e. The Morgan fingerprint density at radius 2 is 1.68 bits per heavy atom. The molecule has 192 valence electrons. The summed E-state index contributed by atoms with van der Waals surface area (Å²) in [5.41, 5.74) is 0.507. The van der Waals surface area contributed by atoms with Crippen LogP contribution >= 0.6 is 0 Å². The van der Waals surface area contributed by atoms with E-state index in [0.29, 0.717) is 19.3 Å². The molecule has 2 atom stereocenters. The lowest BCUT2D eigenvalue weighted by atomic mass is 10.0. The van der Waals surface area contributed by atoms with Crippen LogP contribution in [-0.4, -0.2) is 45.2 Å². The number of ether oxygens (including phenoxy) is 2. The minimum absolute atomic E-state index is 0.00713. The van der Waals surface area contributed by atoms with Gasteiger partial charge in [-0.25, -0.2) is 4.79 Å². The van der Waals surface area contributed by atoms with Crippen LogP contribution in [0.3, 0.4) is 0 Å². The summed E-state index contributed by atoms with van der Waals surface area (Å²) >= 11 is 0. The zero-order valence-electron chi connectivity index (χ0n) is 22.6. The average Bonchev–Trinajstić information content (AvgIpc) is 2.70. The number of unbranched alkanes of at least 4 members (excludes halogenated alkanes) is 1. The Balaban J connectivity index is 3.20. The average molecular weight is 492 g/mol. The molecule has 0 aromatic heterocycles. The maximum atomic E-state index is 12.8. The monoisotopic (exact) mass is 491 g/mol. The molecule has 0 spiro atoms. The predicted molar refractivity (Wildman–Crippen MR) is 140 cm³/mol. The van der Waals surface area contributed by atoms with E-state index >= 15 is 0 Å². The van der Waals surface area contributed by atoms with Crippen molar-refractivity contribution in [2.45, 2.75) is 103 Å². The fraction of sp³-hybridized carbons (Fsp3) is 0.630. The van der Waals surface area contributed by atoms with Crippen molar-refractivity contribution in [3.63, 3.8) is 0 Å². The minimum Gasteiger partial charge on any atom is -0.469 e. The molecule has 6 nitrogen and oxygen atoms in total. The highest BCUT2D eigenvalue weighted by Gasteiger charge is 2.40. The molecule has 0 aliphatic heterocycles. The van der Waals surface area contributed by atoms with Gasteiger partial charge in [-0.2, -0.15) is 0 Å². The quantitative estimate of drug-likeness (QED) is 0.167. The number of allylic oxidation sites excluding steroid dienone is 1. The molecule has 1 aromatic rings. The van der Waals surface area contributed by atoms with Gasteiger partial charge in [-0.1, -0.05) is 63.3 Å². The van der Waals surface area contributed by atoms with E-state index < -0.39 is 20.0 Å². The SMILES string of the molecule is COC(=O)CCC/C=C/[C@@H](O[Si](C)(C)C(C)(C)C)[C@H](Cc1ccccc1)NC(=O)OC(C)(C)C. The van der Waals surface area contributed by atoms with Crippen molar-refractivity contribution in [2.24, 2.45) is 0 Å². The lowest BCUT2D eigenvalue weighted by Crippen LogP contribution is -2.52. The topological polar surface area (TPSA) is 73.9 Å². The number of rotatable bonds is 11. The summed E-state index contributed by atoms with van der Waals surface area (Å²) in [5.74, 6) is -0.212. The number of carbonyl (C=O) groups excluding carboxylic acids is 2. The Bertz CT molecular complexity index is 793. The Labute approximate surface area is 207 Å². The summed E-state index contributed by atoms with van der Waals surface area (Å²) < 4.78 is 17.1. The van der Waals surface area contributed by atoms with E-state index in [-0.39, 0.29) is 23.2 Å². The van der Waals surface area contributed by atoms with E-state index in [9.17, 15) is 9.59 Å². The van der Waals surface area contributed by atoms with Gasteiger partial charge in [0.1, 0.15) is 5.60 Å². The summed E-state index contributed by atoms with van der Waals surface area (Å²) in [5, 5.41) is 3.08. The van der Waals surface area contributed by atoms with Crippen LogP contribution in [0.15, 0.2) is 42.5 Å². The number of esters is 1. The van der Waals surface area contributed by atoms with Gasteiger partial charge in [0.25, 0.3) is 0 Å². The van der Waals surface area contributed by atoms with E-state index in [0.717, 1.165) is 12.0 Å². The van der Waals surface area contributed by atoms with Crippen molar-refractivity contribution in [3.8, 4) is 0 Å². The molecule has 0 radical (unpaired) electrons. The molecular formula is C27H45NO5Si. The third-order valence-corrected chi connectivity index (χ3v) is 10.4. The molecule has 7 heteroatoms. The largest absolute Gasteiger partial charge is 0.469 e. The van der Waals surface area contributed by atoms with Gasteiger partial charge in [-0.15, -0.1) is 0 Å². The second kappa shape index (κ2) is 13.1. The third kappa shape index (κ3) is 11.3. The van der Waals surface area contributed by atoms with Crippen molar-refractivity contribution >= 4 is 20.4 Å². The van der Waals surface area contributed by atoms with Gasteiger partial charge in [-0.3, -0.25) is 4.79 Å². The second-order valence-electron chi connectivity index (χ2n) is 11.2. The number of amides is 1. The Morgan fingerprint density at radius 3 is 2.21 bits per heavy atom. The molecule has 1 N–H and O–H groups in total. The number of methoxy groups -OCH3 is 1. The highest BCUT2D eigenvalue weighted by Crippen LogP contribution is 2.38. The van der Waals surface area contributed by atoms with E-state index in [4.69, 9.17) is 13.9 Å². The predicted octanol–water partition coefficient (Wildman–Crippen LogP) is 6.41. The Kier molecular flexibility index (Phi) is 11.5. The molecule has 0 heterocycles. The molecule has 1 amide bonds. The highest BCUT2D eigenvalue weighted by molar-refractivity contribution is 6.74. The lowest BCUT2D eigenvalue weighted by Gasteiger charge is -2.41. The molecule has 1 rings (SSSR count). The van der Waals surface area contributed by atoms with Gasteiger partial charge in [0.05, 0.1) is 19.3 Å². The first kappa shape index (κ1) is 29.9. The molecule has 0 unspecified atom stereocenters. The normalized spacial score (nSPS) is 14.5. The molecule has 0 aliphatic rings. The zero-order valence-corrected chi connectivity index (χ0v) is 23.6. The second-order valence-corrected chi connectivity index (χ2v) is 15.9. The maximum absolute atomic E-state index is 12.8. The van der Waals surface area contributed by atoms with Crippen LogP contribution in [-0.2, 0) is 25.1 Å². The number of nitrogens with one attached hydrogen (secondary N) is 1. The van der Waals surface area contributed by atoms with Crippen molar-refractivity contribution < 1.29 is 23.5 Å². The summed E-state index contributed by atoms with van der Waals surface area (Å²) in [6, 6.07) is 9.74. The van der Waals surface area contributed by atoms with Crippen molar-refractivity contribution in [1.29, 1.82) is 0 Å². The summed E-state index contributed by atoms with van der Waals surface area (Å²) in [6.45, 7) is 16.6. The first-order chi connectivity index (χ1) is 15.6. The number of alkyl carbamates (subject to hydrolysis) is 1. The van der Waals surface area contributed by atoms with Gasteiger partial charge < -0.3 is 19.2 Å². The highest BCUT2D eigenvalue weighted by atomic mass is 28.4. The van der Waals surface area contributed by atoms with Crippen LogP contribution in [0.1, 0.15) is 66.4 Å². The molecule has 0 aliphatic carbocycles. The first-order valence-electron chi connectivity index (χ1n) is 12.1. The lowest BCUT2D eigenvalue weighted by molar-refractivity contribution is -0.140. The van der Waals surface area contributed by atoms with Crippen LogP contribution in [0, 0.1) is 0 Å². The van der Waals surface area contributed by atoms with Crippen LogP contribution in [0.2, 0.25) is 18.1 Å². The molecule has 0 bridgehead atoms. The molecular weight excluding hydrogens is 446 g/mol. The molecule has 0 saturated carbocycles. The fourth-order valence-electron chi connectivity index (χ4n) is 3.05. The standard InChI is InChI=1S/C27H45NO5Si/c1-26(2,3)32-25(30)28-22(20-21-16-12-10-13-17-21)23(33-34(8,9)27(4,5)6)18-14-11-15-19-24(29)31-7/h10,12-14,16-18,22-23H,11,15,19-20H2,1-9H3,(H,28,30)/b18-14+/t22-,23+/m0/s1. The van der Waals surface area contributed by atoms with Crippen LogP contribution in [0.25, 0.3) is 0 Å². The maximum Gasteiger partial charge on any atom is 0.407 e. The number of carbonyl (C=O) groups is 2. The van der Waals surface area contributed by atoms with Gasteiger partial charge >= 0.3 is 12.1 Å². The van der Waals surface area contributed by atoms with Gasteiger partial charge in [-0.05, 0) is 63.7 Å². The molecule has 1 aromatic carbocycles. The summed E-state index contributed by atoms with van der Waals surface area (Å²) in [6.07, 6.45) is 5.65. The van der Waals surface area contributed by atoms with Crippen molar-refractivity contribution in [1.82, 2.24) is 5.32 Å². The minimum atomic E-state index is -2.16. The summed E-state index contributed by atoms with van der Waals surface area (Å²) in [7, 11) is -0.755. The number of hydrogen-bond donors (Lipinski definition) is 1. The molecule has 34 heavy (non-hydrogen) atoms. The molecule has 0 fully saturated rings. The molecule has 0 saturated heterocycles. The fourth-order valence-corrected chi connectivity index (χ4v) is 4.32. The van der Waals surface area contributed by atoms with Gasteiger partial charge in [0, 0.05) is 6.42 Å². The van der Waals surface area contributed by atoms with Crippen LogP contribution in [0.5, 0.6) is 0 Å². The Morgan fingerprint density at radius 1 is 1.06 bits per heavy atom. The number of benzene rings is 1. The van der Waals surface area contributed by atoms with E-state index in [2.05, 4.69) is 39.2 Å². The van der Waals surface area contributed by atoms with E-state index in [1.165, 1.54) is 7.11 Å². The Hall–Kier alpha value is -2.12. The number of hydrogen-bond acceptors (Lipinski definition) is 5. The van der Waals surface area contributed by atoms with Gasteiger partial charge in [0.2, 0.25) is 0 Å². The van der Waals surface area contributed by atoms with E-state index in [1.807, 2.05) is 63.3 Å². The van der Waals surface area contributed by atoms with Crippen LogP contribution in [0.4, 0.5) is 4.79 Å². The van der Waals surface area contributed by atoms with Crippen molar-refractivity contribution in [3.05, 3.63) is 48.0 Å². The van der Waals surface area contributed by atoms with Gasteiger partial charge in [0.15, 0.2) is 8.32 Å². The first-order valence-corrected chi connectivity index (χ1v) is 15.0. The van der Waals surface area contributed by atoms with Crippen molar-refractivity contribution in [2.75, 3.05) is 7.11 Å². The zero-order chi connectivity index (χ0) is 26.0. The van der Waals surface area contributed by atoms with Crippen LogP contribution < -0.4 is 5.32 Å².